The van der Waals surface area contributed by atoms with Gasteiger partial charge < -0.3 is 10.2 Å². The van der Waals surface area contributed by atoms with Gasteiger partial charge in [-0.3, -0.25) is 4.68 Å². The molecule has 1 N–H and O–H groups in total. The highest BCUT2D eigenvalue weighted by atomic mass is 15.4. The third-order valence-corrected chi connectivity index (χ3v) is 4.58. The van der Waals surface area contributed by atoms with Crippen LogP contribution in [0.25, 0.3) is 0 Å². The lowest BCUT2D eigenvalue weighted by molar-refractivity contribution is 0.420. The van der Waals surface area contributed by atoms with Crippen LogP contribution in [0.5, 0.6) is 0 Å². The zero-order valence-electron chi connectivity index (χ0n) is 14.8. The van der Waals surface area contributed by atoms with Gasteiger partial charge >= 0.3 is 0 Å². The molecule has 0 aromatic carbocycles. The van der Waals surface area contributed by atoms with Gasteiger partial charge in [0.15, 0.2) is 0 Å². The van der Waals surface area contributed by atoms with E-state index in [0.29, 0.717) is 0 Å². The van der Waals surface area contributed by atoms with Crippen molar-refractivity contribution in [3.05, 3.63) is 11.3 Å². The van der Waals surface area contributed by atoms with Crippen molar-refractivity contribution in [2.75, 3.05) is 18.0 Å². The third-order valence-electron chi connectivity index (χ3n) is 4.58. The molecule has 0 radical (unpaired) electrons. The quantitative estimate of drug-likeness (QED) is 0.925. The number of aryl methyl sites for hydroxylation is 2. The predicted octanol–water partition coefficient (Wildman–Crippen LogP) is 3.10. The van der Waals surface area contributed by atoms with Crippen LogP contribution in [0.3, 0.4) is 0 Å². The van der Waals surface area contributed by atoms with Crippen molar-refractivity contribution in [3.8, 4) is 0 Å². The molecule has 21 heavy (non-hydrogen) atoms. The Morgan fingerprint density at radius 3 is 2.52 bits per heavy atom. The normalized spacial score (nSPS) is 19.8. The van der Waals surface area contributed by atoms with Crippen LogP contribution >= 0.6 is 0 Å². The number of aromatic nitrogens is 2. The van der Waals surface area contributed by atoms with E-state index < -0.39 is 0 Å². The first-order valence-corrected chi connectivity index (χ1v) is 8.21. The fourth-order valence-electron chi connectivity index (χ4n) is 3.17. The second-order valence-electron chi connectivity index (χ2n) is 7.85. The van der Waals surface area contributed by atoms with Gasteiger partial charge in [-0.2, -0.15) is 5.10 Å². The summed E-state index contributed by atoms with van der Waals surface area (Å²) >= 11 is 0. The highest BCUT2D eigenvalue weighted by Crippen LogP contribution is 2.31. The minimum Gasteiger partial charge on any atom is -0.356 e. The van der Waals surface area contributed by atoms with E-state index in [0.717, 1.165) is 30.6 Å². The van der Waals surface area contributed by atoms with E-state index in [2.05, 4.69) is 68.6 Å². The Hall–Kier alpha value is -1.03. The van der Waals surface area contributed by atoms with E-state index in [-0.39, 0.29) is 5.54 Å². The standard InChI is InChI=1S/C17H32N4/c1-12(2)14-8-9-21(11-14)16-15(10-18-17(4,5)6)13(3)19-20(16)7/h12,14,18H,8-11H2,1-7H3. The first-order valence-electron chi connectivity index (χ1n) is 8.21. The van der Waals surface area contributed by atoms with Crippen molar-refractivity contribution in [2.24, 2.45) is 18.9 Å². The van der Waals surface area contributed by atoms with Crippen LogP contribution in [0, 0.1) is 18.8 Å². The molecule has 1 atom stereocenters. The minimum absolute atomic E-state index is 0.130. The van der Waals surface area contributed by atoms with E-state index in [1.807, 2.05) is 0 Å². The average Bonchev–Trinajstić information content (AvgIpc) is 2.90. The number of hydrogen-bond acceptors (Lipinski definition) is 3. The summed E-state index contributed by atoms with van der Waals surface area (Å²) in [6.45, 7) is 16.6. The molecule has 1 aromatic rings. The summed E-state index contributed by atoms with van der Waals surface area (Å²) in [5.74, 6) is 2.89. The molecule has 1 aliphatic heterocycles. The number of hydrogen-bond donors (Lipinski definition) is 1. The van der Waals surface area contributed by atoms with Gasteiger partial charge in [0.05, 0.1) is 5.69 Å². The maximum Gasteiger partial charge on any atom is 0.131 e. The Morgan fingerprint density at radius 1 is 1.33 bits per heavy atom. The third kappa shape index (κ3) is 3.79. The maximum atomic E-state index is 4.66. The van der Waals surface area contributed by atoms with E-state index in [1.165, 1.54) is 24.3 Å². The Balaban J connectivity index is 2.19. The summed E-state index contributed by atoms with van der Waals surface area (Å²) in [5, 5.41) is 8.27. The van der Waals surface area contributed by atoms with Crippen molar-refractivity contribution in [1.29, 1.82) is 0 Å². The topological polar surface area (TPSA) is 33.1 Å². The molecule has 1 fully saturated rings. The molecular formula is C17H32N4. The molecule has 0 saturated carbocycles. The first kappa shape index (κ1) is 16.3. The van der Waals surface area contributed by atoms with Gasteiger partial charge in [0.2, 0.25) is 0 Å². The monoisotopic (exact) mass is 292 g/mol. The summed E-state index contributed by atoms with van der Waals surface area (Å²) in [4.78, 5) is 2.53. The summed E-state index contributed by atoms with van der Waals surface area (Å²) < 4.78 is 2.07. The van der Waals surface area contributed by atoms with Crippen LogP contribution in [0.15, 0.2) is 0 Å². The molecule has 0 aliphatic carbocycles. The van der Waals surface area contributed by atoms with Gasteiger partial charge in [0, 0.05) is 37.8 Å². The number of nitrogens with zero attached hydrogens (tertiary/aromatic N) is 3. The lowest BCUT2D eigenvalue weighted by atomic mass is 9.95. The lowest BCUT2D eigenvalue weighted by Gasteiger charge is -2.24. The Kier molecular flexibility index (Phi) is 4.66. The fourth-order valence-corrected chi connectivity index (χ4v) is 3.17. The van der Waals surface area contributed by atoms with Crippen LogP contribution < -0.4 is 10.2 Å². The van der Waals surface area contributed by atoms with E-state index in [9.17, 15) is 0 Å². The van der Waals surface area contributed by atoms with E-state index in [1.54, 1.807) is 0 Å². The SMILES string of the molecule is Cc1nn(C)c(N2CCC(C(C)C)C2)c1CNC(C)(C)C. The molecule has 0 spiro atoms. The van der Waals surface area contributed by atoms with Gasteiger partial charge in [-0.15, -0.1) is 0 Å². The van der Waals surface area contributed by atoms with Crippen LogP contribution in [-0.2, 0) is 13.6 Å². The second-order valence-corrected chi connectivity index (χ2v) is 7.85. The Bertz CT molecular complexity index is 482. The Labute approximate surface area is 129 Å². The summed E-state index contributed by atoms with van der Waals surface area (Å²) in [5.41, 5.74) is 2.64. The molecule has 1 aromatic heterocycles. The van der Waals surface area contributed by atoms with Crippen LogP contribution in [-0.4, -0.2) is 28.4 Å². The van der Waals surface area contributed by atoms with Crippen molar-refractivity contribution in [2.45, 2.75) is 60.0 Å². The van der Waals surface area contributed by atoms with E-state index in [4.69, 9.17) is 0 Å². The lowest BCUT2D eigenvalue weighted by Crippen LogP contribution is -2.36. The van der Waals surface area contributed by atoms with Crippen molar-refractivity contribution < 1.29 is 0 Å². The second kappa shape index (κ2) is 5.99. The van der Waals surface area contributed by atoms with Gasteiger partial charge in [0.25, 0.3) is 0 Å². The van der Waals surface area contributed by atoms with Gasteiger partial charge in [-0.1, -0.05) is 13.8 Å². The molecule has 2 heterocycles. The average molecular weight is 292 g/mol. The van der Waals surface area contributed by atoms with Crippen molar-refractivity contribution >= 4 is 5.82 Å². The maximum absolute atomic E-state index is 4.66. The van der Waals surface area contributed by atoms with Crippen molar-refractivity contribution in [3.63, 3.8) is 0 Å². The molecule has 0 amide bonds. The van der Waals surface area contributed by atoms with Crippen LogP contribution in [0.4, 0.5) is 5.82 Å². The van der Waals surface area contributed by atoms with Crippen LogP contribution in [0.1, 0.15) is 52.3 Å². The van der Waals surface area contributed by atoms with Crippen molar-refractivity contribution in [1.82, 2.24) is 15.1 Å². The van der Waals surface area contributed by atoms with Gasteiger partial charge in [-0.05, 0) is 46.0 Å². The zero-order valence-corrected chi connectivity index (χ0v) is 14.8. The fraction of sp³-hybridized carbons (Fsp3) is 0.824. The zero-order chi connectivity index (χ0) is 15.8. The highest BCUT2D eigenvalue weighted by molar-refractivity contribution is 5.51. The molecule has 1 aliphatic rings. The predicted molar refractivity (Wildman–Crippen MR) is 89.7 cm³/mol. The Morgan fingerprint density at radius 2 is 2.00 bits per heavy atom. The summed E-state index contributed by atoms with van der Waals surface area (Å²) in [7, 11) is 2.08. The molecule has 1 unspecified atom stereocenters. The largest absolute Gasteiger partial charge is 0.356 e. The van der Waals surface area contributed by atoms with Gasteiger partial charge in [0.1, 0.15) is 5.82 Å². The summed E-state index contributed by atoms with van der Waals surface area (Å²) in [6.07, 6.45) is 1.30. The molecule has 4 heteroatoms. The van der Waals surface area contributed by atoms with E-state index >= 15 is 0 Å². The van der Waals surface area contributed by atoms with Gasteiger partial charge in [-0.25, -0.2) is 0 Å². The molecule has 0 bridgehead atoms. The smallest absolute Gasteiger partial charge is 0.131 e. The van der Waals surface area contributed by atoms with Crippen LogP contribution in [0.2, 0.25) is 0 Å². The highest BCUT2D eigenvalue weighted by Gasteiger charge is 2.29. The number of nitrogens with one attached hydrogen (secondary N) is 1. The molecular weight excluding hydrogens is 260 g/mol. The molecule has 4 nitrogen and oxygen atoms in total. The molecule has 2 rings (SSSR count). The number of rotatable bonds is 4. The molecule has 120 valence electrons. The molecule has 1 saturated heterocycles. The first-order chi connectivity index (χ1) is 9.69. The minimum atomic E-state index is 0.130. The summed E-state index contributed by atoms with van der Waals surface area (Å²) in [6, 6.07) is 0. The number of anilines is 1.